The van der Waals surface area contributed by atoms with Crippen molar-refractivity contribution in [3.63, 3.8) is 0 Å². The maximum Gasteiger partial charge on any atom is 0.418 e. The molecule has 13 heteroatoms. The average molecular weight is 514 g/mol. The second-order valence-corrected chi connectivity index (χ2v) is 8.85. The molecule has 0 bridgehead atoms. The normalized spacial score (nSPS) is 15.0. The largest absolute Gasteiger partial charge is 0.418 e. The minimum absolute atomic E-state index is 0.0267. The number of aromatic nitrogens is 6. The smallest absolute Gasteiger partial charge is 0.349 e. The fraction of sp³-hybridized carbons (Fsp3) is 0.333. The minimum atomic E-state index is -4.90. The van der Waals surface area contributed by atoms with Gasteiger partial charge in [0, 0.05) is 30.1 Å². The monoisotopic (exact) mass is 514 g/mol. The zero-order valence-corrected chi connectivity index (χ0v) is 19.6. The van der Waals surface area contributed by atoms with Gasteiger partial charge in [0.1, 0.15) is 24.5 Å². The molecular formula is C24H19F5N8. The first kappa shape index (κ1) is 24.5. The molecule has 1 saturated carbocycles. The predicted molar refractivity (Wildman–Crippen MR) is 122 cm³/mol. The van der Waals surface area contributed by atoms with E-state index in [4.69, 9.17) is 5.26 Å². The van der Waals surface area contributed by atoms with Crippen LogP contribution in [0.1, 0.15) is 48.3 Å². The molecule has 0 spiro atoms. The number of benzene rings is 1. The van der Waals surface area contributed by atoms with Gasteiger partial charge in [-0.15, -0.1) is 0 Å². The van der Waals surface area contributed by atoms with Crippen molar-refractivity contribution in [3.8, 4) is 11.9 Å². The topological polar surface area (TPSA) is 96.4 Å². The second kappa shape index (κ2) is 8.72. The Morgan fingerprint density at radius 1 is 1.05 bits per heavy atom. The van der Waals surface area contributed by atoms with Crippen LogP contribution >= 0.6 is 0 Å². The summed E-state index contributed by atoms with van der Waals surface area (Å²) < 4.78 is 73.2. The van der Waals surface area contributed by atoms with Gasteiger partial charge in [-0.3, -0.25) is 0 Å². The Morgan fingerprint density at radius 2 is 1.81 bits per heavy atom. The van der Waals surface area contributed by atoms with Crippen LogP contribution in [0, 0.1) is 17.2 Å². The van der Waals surface area contributed by atoms with Gasteiger partial charge in [-0.2, -0.15) is 28.2 Å². The summed E-state index contributed by atoms with van der Waals surface area (Å²) in [6, 6.07) is 6.02. The van der Waals surface area contributed by atoms with E-state index in [1.54, 1.807) is 26.1 Å². The first-order valence-electron chi connectivity index (χ1n) is 11.3. The Balaban J connectivity index is 1.61. The maximum absolute atomic E-state index is 15.0. The number of halogens is 5. The van der Waals surface area contributed by atoms with Gasteiger partial charge in [-0.05, 0) is 44.0 Å². The third-order valence-corrected chi connectivity index (χ3v) is 6.45. The van der Waals surface area contributed by atoms with Gasteiger partial charge in [0.25, 0.3) is 5.92 Å². The van der Waals surface area contributed by atoms with Gasteiger partial charge in [0.15, 0.2) is 11.6 Å². The summed E-state index contributed by atoms with van der Waals surface area (Å²) in [6.45, 7) is 1.71. The third-order valence-electron chi connectivity index (χ3n) is 6.45. The molecule has 37 heavy (non-hydrogen) atoms. The standard InChI is InChI=1S/C24H19F5N8/c1-13(21-34-12-35-37(21)19-6-3-14(9-30)10-31-19)36(2)22-17-7-16(23(25,26)15-4-5-15)8-18(24(27,28)29)20(17)32-11-33-22/h3,6-8,10-13,15H,4-5H2,1-2H3/t13-/m0/s1. The van der Waals surface area contributed by atoms with Crippen LogP contribution < -0.4 is 4.90 Å². The summed E-state index contributed by atoms with van der Waals surface area (Å²) in [7, 11) is 1.57. The van der Waals surface area contributed by atoms with Gasteiger partial charge in [0.2, 0.25) is 0 Å². The zero-order chi connectivity index (χ0) is 26.5. The quantitative estimate of drug-likeness (QED) is 0.327. The summed E-state index contributed by atoms with van der Waals surface area (Å²) in [5.41, 5.74) is -2.07. The number of hydrogen-bond acceptors (Lipinski definition) is 7. The second-order valence-electron chi connectivity index (χ2n) is 8.85. The maximum atomic E-state index is 15.0. The van der Waals surface area contributed by atoms with E-state index in [1.165, 1.54) is 22.1 Å². The van der Waals surface area contributed by atoms with Crippen LogP contribution in [0.4, 0.5) is 27.8 Å². The molecule has 1 atom stereocenters. The molecule has 1 fully saturated rings. The highest BCUT2D eigenvalue weighted by Gasteiger charge is 2.49. The van der Waals surface area contributed by atoms with Gasteiger partial charge >= 0.3 is 6.18 Å². The molecule has 4 aromatic rings. The summed E-state index contributed by atoms with van der Waals surface area (Å²) in [5.74, 6) is -3.65. The summed E-state index contributed by atoms with van der Waals surface area (Å²) in [6.07, 6.45) is -0.769. The number of nitriles is 1. The Labute approximate surface area is 207 Å². The number of fused-ring (bicyclic) bond motifs is 1. The molecule has 0 amide bonds. The number of nitrogens with zero attached hydrogens (tertiary/aromatic N) is 8. The van der Waals surface area contributed by atoms with Crippen molar-refractivity contribution in [2.45, 2.75) is 37.9 Å². The summed E-state index contributed by atoms with van der Waals surface area (Å²) in [5, 5.41) is 13.0. The lowest BCUT2D eigenvalue weighted by Crippen LogP contribution is -2.26. The Bertz CT molecular complexity index is 1500. The van der Waals surface area contributed by atoms with E-state index < -0.39 is 40.7 Å². The molecule has 1 aliphatic rings. The van der Waals surface area contributed by atoms with Crippen LogP contribution in [-0.2, 0) is 12.1 Å². The Hall–Kier alpha value is -4.21. The molecule has 1 aromatic carbocycles. The van der Waals surface area contributed by atoms with Crippen LogP contribution in [-0.4, -0.2) is 36.8 Å². The lowest BCUT2D eigenvalue weighted by atomic mass is 9.97. The fourth-order valence-corrected chi connectivity index (χ4v) is 4.17. The van der Waals surface area contributed by atoms with Crippen LogP contribution in [0.25, 0.3) is 16.7 Å². The Kier molecular flexibility index (Phi) is 5.77. The first-order valence-corrected chi connectivity index (χ1v) is 11.3. The number of alkyl halides is 5. The highest BCUT2D eigenvalue weighted by atomic mass is 19.4. The van der Waals surface area contributed by atoms with Crippen LogP contribution in [0.2, 0.25) is 0 Å². The van der Waals surface area contributed by atoms with E-state index in [2.05, 4.69) is 25.0 Å². The van der Waals surface area contributed by atoms with Crippen molar-refractivity contribution >= 4 is 16.7 Å². The number of anilines is 1. The summed E-state index contributed by atoms with van der Waals surface area (Å²) in [4.78, 5) is 18.0. The molecular weight excluding hydrogens is 495 g/mol. The number of rotatable bonds is 6. The third kappa shape index (κ3) is 4.32. The molecule has 5 rings (SSSR count). The van der Waals surface area contributed by atoms with Gasteiger partial charge in [-0.1, -0.05) is 0 Å². The lowest BCUT2D eigenvalue weighted by molar-refractivity contribution is -0.136. The minimum Gasteiger partial charge on any atom is -0.349 e. The highest BCUT2D eigenvalue weighted by Crippen LogP contribution is 2.51. The Morgan fingerprint density at radius 3 is 2.43 bits per heavy atom. The van der Waals surface area contributed by atoms with Crippen molar-refractivity contribution in [2.24, 2.45) is 5.92 Å². The molecule has 0 N–H and O–H groups in total. The lowest BCUT2D eigenvalue weighted by Gasteiger charge is -2.27. The molecule has 8 nitrogen and oxygen atoms in total. The van der Waals surface area contributed by atoms with E-state index in [-0.39, 0.29) is 24.0 Å². The zero-order valence-electron chi connectivity index (χ0n) is 19.6. The number of pyridine rings is 1. The van der Waals surface area contributed by atoms with E-state index in [0.717, 1.165) is 12.4 Å². The van der Waals surface area contributed by atoms with Crippen LogP contribution in [0.5, 0.6) is 0 Å². The molecule has 3 heterocycles. The molecule has 0 saturated heterocycles. The van der Waals surface area contributed by atoms with Crippen molar-refractivity contribution in [2.75, 3.05) is 11.9 Å². The predicted octanol–water partition coefficient (Wildman–Crippen LogP) is 5.20. The van der Waals surface area contributed by atoms with E-state index in [0.29, 0.717) is 23.3 Å². The molecule has 0 aliphatic heterocycles. The van der Waals surface area contributed by atoms with Crippen molar-refractivity contribution in [3.05, 3.63) is 65.6 Å². The van der Waals surface area contributed by atoms with Crippen molar-refractivity contribution in [1.29, 1.82) is 5.26 Å². The van der Waals surface area contributed by atoms with E-state index >= 15 is 0 Å². The fourth-order valence-electron chi connectivity index (χ4n) is 4.17. The van der Waals surface area contributed by atoms with Crippen LogP contribution in [0.15, 0.2) is 43.1 Å². The molecule has 1 aliphatic carbocycles. The van der Waals surface area contributed by atoms with Gasteiger partial charge < -0.3 is 4.90 Å². The SMILES string of the molecule is C[C@@H](c1ncnn1-c1ccc(C#N)cn1)N(C)c1ncnc2c(C(F)(F)F)cc(C(F)(F)C3CC3)cc12. The summed E-state index contributed by atoms with van der Waals surface area (Å²) >= 11 is 0. The molecule has 190 valence electrons. The van der Waals surface area contributed by atoms with Gasteiger partial charge in [0.05, 0.1) is 22.7 Å². The molecule has 0 radical (unpaired) electrons. The van der Waals surface area contributed by atoms with Gasteiger partial charge in [-0.25, -0.2) is 28.7 Å². The van der Waals surface area contributed by atoms with Crippen molar-refractivity contribution in [1.82, 2.24) is 29.7 Å². The first-order chi connectivity index (χ1) is 17.5. The number of hydrogen-bond donors (Lipinski definition) is 0. The molecule has 3 aromatic heterocycles. The highest BCUT2D eigenvalue weighted by molar-refractivity contribution is 5.92. The molecule has 0 unspecified atom stereocenters. The van der Waals surface area contributed by atoms with E-state index in [1.807, 2.05) is 6.07 Å². The average Bonchev–Trinajstić information content (AvgIpc) is 3.64. The van der Waals surface area contributed by atoms with Crippen molar-refractivity contribution < 1.29 is 22.0 Å². The van der Waals surface area contributed by atoms with E-state index in [9.17, 15) is 22.0 Å². The van der Waals surface area contributed by atoms with Crippen LogP contribution in [0.3, 0.4) is 0 Å².